The Balaban J connectivity index is 1.30. The number of carboxylic acids is 1. The summed E-state index contributed by atoms with van der Waals surface area (Å²) in [4.78, 5) is 24.8. The number of hydrogen-bond acceptors (Lipinski definition) is 7. The van der Waals surface area contributed by atoms with Crippen molar-refractivity contribution in [2.45, 2.75) is 32.9 Å². The second kappa shape index (κ2) is 11.5. The largest absolute Gasteiger partial charge is 0.478 e. The van der Waals surface area contributed by atoms with Crippen LogP contribution in [-0.4, -0.2) is 43.8 Å². The molecular formula is C33H27F2N5O4. The Labute approximate surface area is 251 Å². The number of benzene rings is 3. The molecule has 44 heavy (non-hydrogen) atoms. The van der Waals surface area contributed by atoms with Gasteiger partial charge in [0.25, 0.3) is 0 Å². The van der Waals surface area contributed by atoms with E-state index in [0.29, 0.717) is 35.6 Å². The number of halogens is 2. The molecule has 222 valence electrons. The molecule has 5 aromatic rings. The van der Waals surface area contributed by atoms with Gasteiger partial charge in [-0.25, -0.2) is 23.5 Å². The number of aromatic nitrogens is 4. The zero-order valence-electron chi connectivity index (χ0n) is 23.9. The van der Waals surface area contributed by atoms with Crippen molar-refractivity contribution in [3.63, 3.8) is 0 Å². The van der Waals surface area contributed by atoms with Crippen molar-refractivity contribution < 1.29 is 28.2 Å². The van der Waals surface area contributed by atoms with Crippen molar-refractivity contribution in [1.29, 1.82) is 5.26 Å². The first-order valence-electron chi connectivity index (χ1n) is 13.9. The smallest absolute Gasteiger partial charge is 0.335 e. The lowest BCUT2D eigenvalue weighted by Crippen LogP contribution is -2.27. The standard InChI is InChI=1S/C33H27F2N5O4/c1-33(2)18-43-17-29(33)40-28-12-21(31(41)42)7-8-27(28)38-30(40)13-22-11-25(35)23(14-24(22)34)26-9-10-37-32(39-26)44-16-20-5-3-19(15-36)4-6-20/h3-12,14,29H,13,16-18H2,1-2H3,(H,41,42). The third kappa shape index (κ3) is 5.59. The van der Waals surface area contributed by atoms with Crippen LogP contribution in [0.25, 0.3) is 22.3 Å². The number of carbonyl (C=O) groups is 1. The summed E-state index contributed by atoms with van der Waals surface area (Å²) in [6.45, 7) is 5.08. The lowest BCUT2D eigenvalue weighted by molar-refractivity contribution is 0.0697. The van der Waals surface area contributed by atoms with Crippen molar-refractivity contribution >= 4 is 17.0 Å². The molecule has 1 fully saturated rings. The number of imidazole rings is 1. The van der Waals surface area contributed by atoms with Crippen molar-refractivity contribution in [3.8, 4) is 23.3 Å². The number of ether oxygens (including phenoxy) is 2. The van der Waals surface area contributed by atoms with Crippen molar-refractivity contribution in [2.75, 3.05) is 13.2 Å². The molecule has 1 saturated heterocycles. The number of hydrogen-bond donors (Lipinski definition) is 1. The van der Waals surface area contributed by atoms with Crippen molar-refractivity contribution in [3.05, 3.63) is 107 Å². The Hall–Kier alpha value is -5.21. The van der Waals surface area contributed by atoms with Gasteiger partial charge in [-0.05, 0) is 59.7 Å². The Bertz CT molecular complexity index is 1930. The first-order valence-corrected chi connectivity index (χ1v) is 13.9. The van der Waals surface area contributed by atoms with Gasteiger partial charge in [-0.3, -0.25) is 0 Å². The molecule has 1 aliphatic heterocycles. The maximum atomic E-state index is 15.6. The minimum absolute atomic E-state index is 0.00779. The predicted molar refractivity (Wildman–Crippen MR) is 156 cm³/mol. The number of fused-ring (bicyclic) bond motifs is 1. The van der Waals surface area contributed by atoms with Crippen LogP contribution in [-0.2, 0) is 17.8 Å². The minimum Gasteiger partial charge on any atom is -0.478 e. The van der Waals surface area contributed by atoms with Crippen LogP contribution in [0, 0.1) is 28.4 Å². The van der Waals surface area contributed by atoms with Crippen LogP contribution < -0.4 is 4.74 Å². The quantitative estimate of drug-likeness (QED) is 0.228. The molecule has 2 aromatic heterocycles. The highest BCUT2D eigenvalue weighted by Crippen LogP contribution is 2.40. The van der Waals surface area contributed by atoms with E-state index in [-0.39, 0.29) is 52.9 Å². The van der Waals surface area contributed by atoms with E-state index in [1.807, 2.05) is 18.4 Å². The highest BCUT2D eigenvalue weighted by atomic mass is 19.1. The Morgan fingerprint density at radius 1 is 1.11 bits per heavy atom. The summed E-state index contributed by atoms with van der Waals surface area (Å²) in [7, 11) is 0. The van der Waals surface area contributed by atoms with Crippen LogP contribution in [0.1, 0.15) is 52.8 Å². The zero-order chi connectivity index (χ0) is 31.0. The molecule has 0 spiro atoms. The maximum Gasteiger partial charge on any atom is 0.335 e. The average Bonchev–Trinajstić information content (AvgIpc) is 3.55. The van der Waals surface area contributed by atoms with E-state index >= 15 is 8.78 Å². The van der Waals surface area contributed by atoms with E-state index < -0.39 is 17.6 Å². The molecule has 9 nitrogen and oxygen atoms in total. The van der Waals surface area contributed by atoms with Gasteiger partial charge >= 0.3 is 12.0 Å². The molecule has 0 saturated carbocycles. The van der Waals surface area contributed by atoms with Crippen LogP contribution in [0.2, 0.25) is 0 Å². The van der Waals surface area contributed by atoms with E-state index in [9.17, 15) is 9.90 Å². The Morgan fingerprint density at radius 3 is 2.61 bits per heavy atom. The van der Waals surface area contributed by atoms with Crippen molar-refractivity contribution in [2.24, 2.45) is 5.41 Å². The van der Waals surface area contributed by atoms with Gasteiger partial charge in [0.2, 0.25) is 0 Å². The number of aromatic carboxylic acids is 1. The molecule has 6 rings (SSSR count). The minimum atomic E-state index is -1.07. The van der Waals surface area contributed by atoms with Crippen LogP contribution in [0.5, 0.6) is 6.01 Å². The topological polar surface area (TPSA) is 123 Å². The fraction of sp³-hybridized carbons (Fsp3) is 0.242. The molecular weight excluding hydrogens is 568 g/mol. The van der Waals surface area contributed by atoms with Crippen LogP contribution in [0.15, 0.2) is 66.9 Å². The second-order valence-corrected chi connectivity index (χ2v) is 11.3. The van der Waals surface area contributed by atoms with Gasteiger partial charge in [0.15, 0.2) is 0 Å². The third-order valence-corrected chi connectivity index (χ3v) is 7.82. The van der Waals surface area contributed by atoms with Gasteiger partial charge in [0.1, 0.15) is 24.1 Å². The number of carboxylic acid groups (broad SMARTS) is 1. The molecule has 0 radical (unpaired) electrons. The number of rotatable bonds is 8. The van der Waals surface area contributed by atoms with Crippen LogP contribution >= 0.6 is 0 Å². The number of nitriles is 1. The average molecular weight is 596 g/mol. The van der Waals surface area contributed by atoms with Gasteiger partial charge in [0.05, 0.1) is 53.2 Å². The predicted octanol–water partition coefficient (Wildman–Crippen LogP) is 6.11. The van der Waals surface area contributed by atoms with Crippen molar-refractivity contribution in [1.82, 2.24) is 19.5 Å². The van der Waals surface area contributed by atoms with E-state index in [1.54, 1.807) is 36.4 Å². The maximum absolute atomic E-state index is 15.6. The molecule has 1 N–H and O–H groups in total. The molecule has 0 bridgehead atoms. The molecule has 0 aliphatic carbocycles. The van der Waals surface area contributed by atoms with Gasteiger partial charge in [0, 0.05) is 23.6 Å². The fourth-order valence-electron chi connectivity index (χ4n) is 5.40. The molecule has 3 heterocycles. The Morgan fingerprint density at radius 2 is 1.91 bits per heavy atom. The lowest BCUT2D eigenvalue weighted by atomic mass is 9.87. The normalized spacial score (nSPS) is 15.8. The molecule has 1 unspecified atom stereocenters. The van der Waals surface area contributed by atoms with Gasteiger partial charge in [-0.1, -0.05) is 26.0 Å². The monoisotopic (exact) mass is 595 g/mol. The zero-order valence-corrected chi connectivity index (χ0v) is 23.9. The summed E-state index contributed by atoms with van der Waals surface area (Å²) in [6, 6.07) is 17.0. The molecule has 0 amide bonds. The van der Waals surface area contributed by atoms with Gasteiger partial charge in [-0.15, -0.1) is 0 Å². The highest BCUT2D eigenvalue weighted by Gasteiger charge is 2.39. The molecule has 11 heteroatoms. The third-order valence-electron chi connectivity index (χ3n) is 7.82. The van der Waals surface area contributed by atoms with Crippen LogP contribution in [0.3, 0.4) is 0 Å². The summed E-state index contributed by atoms with van der Waals surface area (Å²) >= 11 is 0. The first kappa shape index (κ1) is 28.9. The summed E-state index contributed by atoms with van der Waals surface area (Å²) in [5.41, 5.74) is 2.44. The van der Waals surface area contributed by atoms with E-state index in [0.717, 1.165) is 17.7 Å². The van der Waals surface area contributed by atoms with E-state index in [2.05, 4.69) is 16.0 Å². The summed E-state index contributed by atoms with van der Waals surface area (Å²) < 4.78 is 44.5. The van der Waals surface area contributed by atoms with E-state index in [1.165, 1.54) is 18.3 Å². The summed E-state index contributed by atoms with van der Waals surface area (Å²) in [5.74, 6) is -1.93. The summed E-state index contributed by atoms with van der Waals surface area (Å²) in [5, 5.41) is 18.5. The SMILES string of the molecule is CC1(C)COCC1n1c(Cc2cc(F)c(-c3ccnc(OCc4ccc(C#N)cc4)n3)cc2F)nc2ccc(C(=O)O)cc21. The highest BCUT2D eigenvalue weighted by molar-refractivity contribution is 5.92. The van der Waals surface area contributed by atoms with Gasteiger partial charge in [-0.2, -0.15) is 10.2 Å². The van der Waals surface area contributed by atoms with Crippen LogP contribution in [0.4, 0.5) is 8.78 Å². The Kier molecular flexibility index (Phi) is 7.53. The first-order chi connectivity index (χ1) is 21.1. The number of nitrogens with zero attached hydrogens (tertiary/aromatic N) is 5. The van der Waals surface area contributed by atoms with Gasteiger partial charge < -0.3 is 19.1 Å². The second-order valence-electron chi connectivity index (χ2n) is 11.3. The van der Waals surface area contributed by atoms with E-state index in [4.69, 9.17) is 19.7 Å². The summed E-state index contributed by atoms with van der Waals surface area (Å²) in [6.07, 6.45) is 1.37. The molecule has 1 atom stereocenters. The molecule has 3 aromatic carbocycles. The lowest BCUT2D eigenvalue weighted by Gasteiger charge is -2.28. The molecule has 1 aliphatic rings. The fourth-order valence-corrected chi connectivity index (χ4v) is 5.40.